The molecule has 0 aromatic rings. The average Bonchev–Trinajstić information content (AvgIpc) is 2.93. The molecule has 40 heavy (non-hydrogen) atoms. The second-order valence-electron chi connectivity index (χ2n) is 12.6. The van der Waals surface area contributed by atoms with Crippen molar-refractivity contribution in [2.75, 3.05) is 0 Å². The molecule has 238 valence electrons. The summed E-state index contributed by atoms with van der Waals surface area (Å²) >= 11 is 0. The monoisotopic (exact) mass is 567 g/mol. The molecule has 4 nitrogen and oxygen atoms in total. The van der Waals surface area contributed by atoms with Crippen LogP contribution in [-0.4, -0.2) is 22.2 Å². The third-order valence-corrected chi connectivity index (χ3v) is 8.69. The first-order valence-electron chi connectivity index (χ1n) is 18.0. The van der Waals surface area contributed by atoms with Gasteiger partial charge in [-0.05, 0) is 6.42 Å². The van der Waals surface area contributed by atoms with Gasteiger partial charge in [0.25, 0.3) is 0 Å². The minimum Gasteiger partial charge on any atom is -0.481 e. The zero-order valence-electron chi connectivity index (χ0n) is 26.9. The molecule has 0 saturated heterocycles. The molecule has 0 saturated carbocycles. The fourth-order valence-electron chi connectivity index (χ4n) is 5.90. The first-order chi connectivity index (χ1) is 19.6. The lowest BCUT2D eigenvalue weighted by atomic mass is 10.00. The molecule has 0 fully saturated rings. The van der Waals surface area contributed by atoms with Gasteiger partial charge in [0.05, 0.1) is 0 Å². The molecular formula is C36H70O4. The molecule has 0 spiro atoms. The van der Waals surface area contributed by atoms with Crippen LogP contribution in [0.5, 0.6) is 0 Å². The standard InChI is InChI=1S/C36H70O4/c1-2-3-4-5-6-7-8-9-10-11-12-13-14-15-16-17-18-19-20-21-22-23-24-25-26-27-28-29-30-31-32-33-34(35(37)38)36(39)40/h34H,2-33H2,1H3,(H,37,38)(H,39,40). The number of carboxylic acids is 2. The fourth-order valence-corrected chi connectivity index (χ4v) is 5.90. The van der Waals surface area contributed by atoms with Crippen LogP contribution in [0.4, 0.5) is 0 Å². The molecule has 4 heteroatoms. The maximum Gasteiger partial charge on any atom is 0.317 e. The van der Waals surface area contributed by atoms with Crippen LogP contribution < -0.4 is 0 Å². The van der Waals surface area contributed by atoms with Crippen LogP contribution >= 0.6 is 0 Å². The quantitative estimate of drug-likeness (QED) is 0.0600. The summed E-state index contributed by atoms with van der Waals surface area (Å²) in [5.74, 6) is -3.65. The van der Waals surface area contributed by atoms with Gasteiger partial charge in [-0.2, -0.15) is 0 Å². The average molecular weight is 567 g/mol. The third kappa shape index (κ3) is 29.9. The number of carboxylic acid groups (broad SMARTS) is 2. The minimum absolute atomic E-state index is 0.254. The van der Waals surface area contributed by atoms with Crippen LogP contribution in [0.15, 0.2) is 0 Å². The Morgan fingerprint density at radius 3 is 0.700 bits per heavy atom. The molecule has 0 heterocycles. The van der Waals surface area contributed by atoms with Crippen LogP contribution in [0.25, 0.3) is 0 Å². The lowest BCUT2D eigenvalue weighted by Crippen LogP contribution is -2.23. The topological polar surface area (TPSA) is 74.6 Å². The van der Waals surface area contributed by atoms with Gasteiger partial charge in [-0.3, -0.25) is 9.59 Å². The molecular weight excluding hydrogens is 496 g/mol. The Morgan fingerprint density at radius 2 is 0.525 bits per heavy atom. The molecule has 0 bridgehead atoms. The lowest BCUT2D eigenvalue weighted by Gasteiger charge is -2.07. The van der Waals surface area contributed by atoms with E-state index in [1.807, 2.05) is 0 Å². The minimum atomic E-state index is -1.23. The van der Waals surface area contributed by atoms with Crippen molar-refractivity contribution in [1.29, 1.82) is 0 Å². The van der Waals surface area contributed by atoms with Gasteiger partial charge >= 0.3 is 11.9 Å². The highest BCUT2D eigenvalue weighted by Gasteiger charge is 2.24. The Hall–Kier alpha value is -1.06. The second kappa shape index (κ2) is 32.5. The summed E-state index contributed by atoms with van der Waals surface area (Å²) in [7, 11) is 0. The van der Waals surface area contributed by atoms with Crippen molar-refractivity contribution >= 4 is 11.9 Å². The number of carbonyl (C=O) groups is 2. The lowest BCUT2D eigenvalue weighted by molar-refractivity contribution is -0.154. The van der Waals surface area contributed by atoms with E-state index in [-0.39, 0.29) is 6.42 Å². The number of rotatable bonds is 34. The smallest absolute Gasteiger partial charge is 0.317 e. The zero-order valence-corrected chi connectivity index (χ0v) is 26.9. The summed E-state index contributed by atoms with van der Waals surface area (Å²) < 4.78 is 0. The molecule has 0 unspecified atom stereocenters. The molecule has 0 amide bonds. The Kier molecular flexibility index (Phi) is 31.6. The van der Waals surface area contributed by atoms with Crippen LogP contribution in [0.1, 0.15) is 212 Å². The molecule has 0 atom stereocenters. The van der Waals surface area contributed by atoms with E-state index in [1.165, 1.54) is 180 Å². The fraction of sp³-hybridized carbons (Fsp3) is 0.944. The highest BCUT2D eigenvalue weighted by molar-refractivity contribution is 5.92. The van der Waals surface area contributed by atoms with E-state index >= 15 is 0 Å². The summed E-state index contributed by atoms with van der Waals surface area (Å²) in [5.41, 5.74) is 0. The number of unbranched alkanes of at least 4 members (excludes halogenated alkanes) is 30. The van der Waals surface area contributed by atoms with E-state index in [2.05, 4.69) is 6.92 Å². The van der Waals surface area contributed by atoms with Gasteiger partial charge in [0, 0.05) is 0 Å². The SMILES string of the molecule is CCCCCCCCCCCCCCCCCCCCCCCCCCCCCCCCCC(C(=O)O)C(=O)O. The van der Waals surface area contributed by atoms with Crippen LogP contribution in [0, 0.1) is 5.92 Å². The van der Waals surface area contributed by atoms with E-state index in [1.54, 1.807) is 0 Å². The molecule has 0 aliphatic rings. The van der Waals surface area contributed by atoms with Crippen molar-refractivity contribution in [1.82, 2.24) is 0 Å². The predicted octanol–water partition coefficient (Wildman–Crippen LogP) is 12.3. The van der Waals surface area contributed by atoms with E-state index in [9.17, 15) is 9.59 Å². The van der Waals surface area contributed by atoms with Gasteiger partial charge in [-0.1, -0.05) is 206 Å². The van der Waals surface area contributed by atoms with Crippen LogP contribution in [0.2, 0.25) is 0 Å². The van der Waals surface area contributed by atoms with Gasteiger partial charge in [0.1, 0.15) is 0 Å². The summed E-state index contributed by atoms with van der Waals surface area (Å²) in [5, 5.41) is 17.8. The van der Waals surface area contributed by atoms with Crippen LogP contribution in [-0.2, 0) is 9.59 Å². The van der Waals surface area contributed by atoms with Crippen molar-refractivity contribution < 1.29 is 19.8 Å². The van der Waals surface area contributed by atoms with E-state index < -0.39 is 17.9 Å². The first-order valence-corrected chi connectivity index (χ1v) is 18.0. The van der Waals surface area contributed by atoms with E-state index in [4.69, 9.17) is 10.2 Å². The maximum atomic E-state index is 10.9. The Bertz CT molecular complexity index is 519. The Labute approximate surface area is 249 Å². The van der Waals surface area contributed by atoms with Gasteiger partial charge in [-0.25, -0.2) is 0 Å². The van der Waals surface area contributed by atoms with E-state index in [0.29, 0.717) is 6.42 Å². The zero-order chi connectivity index (χ0) is 29.4. The molecule has 0 aromatic heterocycles. The van der Waals surface area contributed by atoms with Gasteiger partial charge < -0.3 is 10.2 Å². The largest absolute Gasteiger partial charge is 0.481 e. The number of hydrogen-bond acceptors (Lipinski definition) is 2. The molecule has 0 aliphatic heterocycles. The summed E-state index contributed by atoms with van der Waals surface area (Å²) in [6.07, 6.45) is 42.6. The Balaban J connectivity index is 3.12. The molecule has 0 aliphatic carbocycles. The van der Waals surface area contributed by atoms with Crippen molar-refractivity contribution in [3.05, 3.63) is 0 Å². The Morgan fingerprint density at radius 1 is 0.350 bits per heavy atom. The molecule has 2 N–H and O–H groups in total. The van der Waals surface area contributed by atoms with Gasteiger partial charge in [-0.15, -0.1) is 0 Å². The normalized spacial score (nSPS) is 11.4. The van der Waals surface area contributed by atoms with Crippen LogP contribution in [0.3, 0.4) is 0 Å². The van der Waals surface area contributed by atoms with Crippen molar-refractivity contribution in [2.45, 2.75) is 212 Å². The number of hydrogen-bond donors (Lipinski definition) is 2. The summed E-state index contributed by atoms with van der Waals surface area (Å²) in [4.78, 5) is 21.7. The van der Waals surface area contributed by atoms with Crippen molar-refractivity contribution in [3.8, 4) is 0 Å². The first kappa shape index (κ1) is 38.9. The highest BCUT2D eigenvalue weighted by Crippen LogP contribution is 2.17. The molecule has 0 aromatic carbocycles. The van der Waals surface area contributed by atoms with Crippen molar-refractivity contribution in [2.24, 2.45) is 5.92 Å². The van der Waals surface area contributed by atoms with Crippen molar-refractivity contribution in [3.63, 3.8) is 0 Å². The summed E-state index contributed by atoms with van der Waals surface area (Å²) in [6, 6.07) is 0. The predicted molar refractivity (Wildman–Crippen MR) is 172 cm³/mol. The number of aliphatic carboxylic acids is 2. The van der Waals surface area contributed by atoms with E-state index in [0.717, 1.165) is 12.8 Å². The molecule has 0 rings (SSSR count). The maximum absolute atomic E-state index is 10.9. The second-order valence-corrected chi connectivity index (χ2v) is 12.6. The third-order valence-electron chi connectivity index (χ3n) is 8.69. The summed E-state index contributed by atoms with van der Waals surface area (Å²) in [6.45, 7) is 2.29. The molecule has 0 radical (unpaired) electrons. The highest BCUT2D eigenvalue weighted by atomic mass is 16.4. The van der Waals surface area contributed by atoms with Gasteiger partial charge in [0.2, 0.25) is 0 Å². The van der Waals surface area contributed by atoms with Gasteiger partial charge in [0.15, 0.2) is 5.92 Å².